The highest BCUT2D eigenvalue weighted by molar-refractivity contribution is 6.03. The van der Waals surface area contributed by atoms with Crippen molar-refractivity contribution in [3.05, 3.63) is 83.8 Å². The highest BCUT2D eigenvalue weighted by Gasteiger charge is 2.12. The van der Waals surface area contributed by atoms with Gasteiger partial charge in [-0.05, 0) is 48.4 Å². The molecule has 3 amide bonds. The minimum atomic E-state index is -0.536. The van der Waals surface area contributed by atoms with Gasteiger partial charge in [0.1, 0.15) is 5.75 Å². The van der Waals surface area contributed by atoms with Crippen LogP contribution in [0.25, 0.3) is 0 Å². The molecule has 30 heavy (non-hydrogen) atoms. The number of benzene rings is 2. The van der Waals surface area contributed by atoms with Crippen molar-refractivity contribution in [3.8, 4) is 5.75 Å². The molecule has 1 aromatic heterocycles. The van der Waals surface area contributed by atoms with Crippen molar-refractivity contribution in [2.45, 2.75) is 13.3 Å². The lowest BCUT2D eigenvalue weighted by molar-refractivity contribution is -0.123. The molecule has 0 aliphatic carbocycles. The predicted octanol–water partition coefficient (Wildman–Crippen LogP) is 2.93. The summed E-state index contributed by atoms with van der Waals surface area (Å²) < 4.78 is 10.5. The van der Waals surface area contributed by atoms with Gasteiger partial charge in [-0.3, -0.25) is 25.2 Å². The van der Waals surface area contributed by atoms with E-state index in [1.165, 1.54) is 18.4 Å². The first-order chi connectivity index (χ1) is 14.6. The summed E-state index contributed by atoms with van der Waals surface area (Å²) in [5, 5.41) is 2.63. The largest absolute Gasteiger partial charge is 0.483 e. The van der Waals surface area contributed by atoms with Crippen LogP contribution in [-0.4, -0.2) is 24.3 Å². The quantitative estimate of drug-likeness (QED) is 0.522. The number of hydrogen-bond acceptors (Lipinski definition) is 5. The molecule has 0 aliphatic heterocycles. The standard InChI is InChI=1S/C22H21N3O5/c1-2-15-7-3-4-10-18(15)30-14-20(26)24-25-21(27)16-8-5-9-17(13-16)23-22(28)19-11-6-12-29-19/h3-13H,2,14H2,1H3,(H,23,28)(H,24,26)(H,25,27). The average Bonchev–Trinajstić information content (AvgIpc) is 3.31. The molecule has 8 nitrogen and oxygen atoms in total. The average molecular weight is 407 g/mol. The van der Waals surface area contributed by atoms with Gasteiger partial charge >= 0.3 is 0 Å². The van der Waals surface area contributed by atoms with Crippen molar-refractivity contribution in [1.29, 1.82) is 0 Å². The lowest BCUT2D eigenvalue weighted by atomic mass is 10.1. The van der Waals surface area contributed by atoms with Crippen LogP contribution in [-0.2, 0) is 11.2 Å². The van der Waals surface area contributed by atoms with E-state index in [2.05, 4.69) is 16.2 Å². The monoisotopic (exact) mass is 407 g/mol. The molecule has 0 fully saturated rings. The maximum atomic E-state index is 12.3. The fourth-order valence-corrected chi connectivity index (χ4v) is 2.65. The number of ether oxygens (including phenoxy) is 1. The summed E-state index contributed by atoms with van der Waals surface area (Å²) in [4.78, 5) is 36.3. The number of hydrogen-bond donors (Lipinski definition) is 3. The third-order valence-corrected chi connectivity index (χ3v) is 4.16. The second-order valence-electron chi connectivity index (χ2n) is 6.26. The Bertz CT molecular complexity index is 1030. The van der Waals surface area contributed by atoms with Gasteiger partial charge in [0.25, 0.3) is 17.7 Å². The topological polar surface area (TPSA) is 110 Å². The molecule has 2 aromatic carbocycles. The first-order valence-electron chi connectivity index (χ1n) is 9.31. The Morgan fingerprint density at radius 2 is 1.77 bits per heavy atom. The molecule has 0 saturated carbocycles. The Kier molecular flexibility index (Phi) is 6.83. The zero-order chi connectivity index (χ0) is 21.3. The van der Waals surface area contributed by atoms with E-state index in [4.69, 9.17) is 9.15 Å². The Morgan fingerprint density at radius 1 is 0.933 bits per heavy atom. The van der Waals surface area contributed by atoms with Crippen LogP contribution >= 0.6 is 0 Å². The molecule has 8 heteroatoms. The second-order valence-corrected chi connectivity index (χ2v) is 6.26. The predicted molar refractivity (Wildman–Crippen MR) is 110 cm³/mol. The molecule has 154 valence electrons. The minimum Gasteiger partial charge on any atom is -0.483 e. The van der Waals surface area contributed by atoms with Crippen LogP contribution in [0.1, 0.15) is 33.4 Å². The van der Waals surface area contributed by atoms with Crippen molar-refractivity contribution in [2.24, 2.45) is 0 Å². The number of aryl methyl sites for hydroxylation is 1. The van der Waals surface area contributed by atoms with E-state index in [9.17, 15) is 14.4 Å². The van der Waals surface area contributed by atoms with Gasteiger partial charge in [-0.2, -0.15) is 0 Å². The van der Waals surface area contributed by atoms with Crippen LogP contribution in [0.2, 0.25) is 0 Å². The fourth-order valence-electron chi connectivity index (χ4n) is 2.65. The summed E-state index contributed by atoms with van der Waals surface area (Å²) in [6.45, 7) is 1.75. The molecule has 3 aromatic rings. The van der Waals surface area contributed by atoms with Gasteiger partial charge in [-0.1, -0.05) is 31.2 Å². The van der Waals surface area contributed by atoms with Crippen LogP contribution in [0.15, 0.2) is 71.3 Å². The molecular formula is C22H21N3O5. The highest BCUT2D eigenvalue weighted by Crippen LogP contribution is 2.18. The number of para-hydroxylation sites is 1. The van der Waals surface area contributed by atoms with Gasteiger partial charge in [-0.25, -0.2) is 0 Å². The van der Waals surface area contributed by atoms with E-state index >= 15 is 0 Å². The van der Waals surface area contributed by atoms with E-state index in [1.807, 2.05) is 25.1 Å². The number of anilines is 1. The van der Waals surface area contributed by atoms with E-state index in [0.717, 1.165) is 12.0 Å². The zero-order valence-corrected chi connectivity index (χ0v) is 16.3. The van der Waals surface area contributed by atoms with Gasteiger partial charge in [0.05, 0.1) is 6.26 Å². The number of carbonyl (C=O) groups is 3. The third-order valence-electron chi connectivity index (χ3n) is 4.16. The number of carbonyl (C=O) groups excluding carboxylic acids is 3. The summed E-state index contributed by atoms with van der Waals surface area (Å²) in [7, 11) is 0. The highest BCUT2D eigenvalue weighted by atomic mass is 16.5. The summed E-state index contributed by atoms with van der Waals surface area (Å²) in [6, 6.07) is 16.8. The molecule has 0 aliphatic rings. The number of furan rings is 1. The summed E-state index contributed by atoms with van der Waals surface area (Å²) in [6.07, 6.45) is 2.17. The van der Waals surface area contributed by atoms with Gasteiger partial charge in [0.2, 0.25) is 0 Å². The van der Waals surface area contributed by atoms with Crippen LogP contribution in [0.3, 0.4) is 0 Å². The lowest BCUT2D eigenvalue weighted by Crippen LogP contribution is -2.43. The van der Waals surface area contributed by atoms with Crippen LogP contribution in [0.4, 0.5) is 5.69 Å². The molecule has 0 saturated heterocycles. The molecule has 0 atom stereocenters. The molecular weight excluding hydrogens is 386 g/mol. The molecule has 0 radical (unpaired) electrons. The van der Waals surface area contributed by atoms with Gasteiger partial charge < -0.3 is 14.5 Å². The number of amides is 3. The number of nitrogens with one attached hydrogen (secondary N) is 3. The normalized spacial score (nSPS) is 10.2. The van der Waals surface area contributed by atoms with E-state index in [0.29, 0.717) is 11.4 Å². The maximum absolute atomic E-state index is 12.3. The molecule has 3 N–H and O–H groups in total. The summed E-state index contributed by atoms with van der Waals surface area (Å²) >= 11 is 0. The first-order valence-corrected chi connectivity index (χ1v) is 9.31. The van der Waals surface area contributed by atoms with Crippen molar-refractivity contribution in [3.63, 3.8) is 0 Å². The van der Waals surface area contributed by atoms with Crippen LogP contribution in [0, 0.1) is 0 Å². The van der Waals surface area contributed by atoms with Crippen LogP contribution < -0.4 is 20.9 Å². The molecule has 0 bridgehead atoms. The smallest absolute Gasteiger partial charge is 0.291 e. The SMILES string of the molecule is CCc1ccccc1OCC(=O)NNC(=O)c1cccc(NC(=O)c2ccco2)c1. The van der Waals surface area contributed by atoms with Gasteiger partial charge in [0, 0.05) is 11.3 Å². The minimum absolute atomic E-state index is 0.154. The van der Waals surface area contributed by atoms with Crippen molar-refractivity contribution < 1.29 is 23.5 Å². The van der Waals surface area contributed by atoms with E-state index in [1.54, 1.807) is 30.3 Å². The van der Waals surface area contributed by atoms with Crippen molar-refractivity contribution >= 4 is 23.4 Å². The number of hydrazine groups is 1. The Hall–Kier alpha value is -4.07. The Morgan fingerprint density at radius 3 is 2.53 bits per heavy atom. The molecule has 3 rings (SSSR count). The van der Waals surface area contributed by atoms with Gasteiger partial charge in [0.15, 0.2) is 12.4 Å². The van der Waals surface area contributed by atoms with E-state index < -0.39 is 17.7 Å². The van der Waals surface area contributed by atoms with Crippen molar-refractivity contribution in [1.82, 2.24) is 10.9 Å². The Balaban J connectivity index is 1.51. The fraction of sp³-hybridized carbons (Fsp3) is 0.136. The second kappa shape index (κ2) is 9.92. The molecule has 0 unspecified atom stereocenters. The summed E-state index contributed by atoms with van der Waals surface area (Å²) in [5.74, 6) is -0.693. The molecule has 1 heterocycles. The Labute approximate surface area is 173 Å². The molecule has 0 spiro atoms. The number of rotatable bonds is 7. The maximum Gasteiger partial charge on any atom is 0.291 e. The van der Waals surface area contributed by atoms with Gasteiger partial charge in [-0.15, -0.1) is 0 Å². The van der Waals surface area contributed by atoms with Crippen molar-refractivity contribution in [2.75, 3.05) is 11.9 Å². The zero-order valence-electron chi connectivity index (χ0n) is 16.3. The lowest BCUT2D eigenvalue weighted by Gasteiger charge is -2.11. The van der Waals surface area contributed by atoms with E-state index in [-0.39, 0.29) is 17.9 Å². The van der Waals surface area contributed by atoms with Crippen LogP contribution in [0.5, 0.6) is 5.75 Å². The third kappa shape index (κ3) is 5.48. The summed E-state index contributed by atoms with van der Waals surface area (Å²) in [5.41, 5.74) is 6.28. The first kappa shape index (κ1) is 20.7.